The lowest BCUT2D eigenvalue weighted by Crippen LogP contribution is -2.12. The monoisotopic (exact) mass is 267 g/mol. The molecule has 1 N–H and O–H groups in total. The molecule has 1 saturated carbocycles. The third-order valence-electron chi connectivity index (χ3n) is 3.77. The summed E-state index contributed by atoms with van der Waals surface area (Å²) in [4.78, 5) is 0. The van der Waals surface area contributed by atoms with Crippen molar-refractivity contribution in [3.8, 4) is 5.75 Å². The number of methoxy groups -OCH3 is 1. The van der Waals surface area contributed by atoms with Crippen molar-refractivity contribution in [3.05, 3.63) is 23.2 Å². The van der Waals surface area contributed by atoms with E-state index < -0.39 is 0 Å². The Morgan fingerprint density at radius 1 is 1.28 bits per heavy atom. The number of benzene rings is 1. The molecule has 1 fully saturated rings. The highest BCUT2D eigenvalue weighted by molar-refractivity contribution is 6.33. The molecule has 0 radical (unpaired) electrons. The van der Waals surface area contributed by atoms with Gasteiger partial charge >= 0.3 is 0 Å². The van der Waals surface area contributed by atoms with E-state index in [1.54, 1.807) is 7.11 Å². The Hall–Kier alpha value is -0.890. The normalized spacial score (nSPS) is 16.6. The van der Waals surface area contributed by atoms with Gasteiger partial charge in [-0.05, 0) is 24.5 Å². The minimum absolute atomic E-state index is 0.763. The van der Waals surface area contributed by atoms with E-state index in [9.17, 15) is 0 Å². The van der Waals surface area contributed by atoms with Crippen LogP contribution >= 0.6 is 11.6 Å². The third-order valence-corrected chi connectivity index (χ3v) is 4.10. The molecule has 2 rings (SSSR count). The van der Waals surface area contributed by atoms with Crippen molar-refractivity contribution >= 4 is 17.3 Å². The number of hydrogen-bond acceptors (Lipinski definition) is 2. The molecule has 0 unspecified atom stereocenters. The molecule has 0 heterocycles. The van der Waals surface area contributed by atoms with Gasteiger partial charge in [0.2, 0.25) is 0 Å². The number of nitrogens with one attached hydrogen (secondary N) is 1. The number of hydrogen-bond donors (Lipinski definition) is 1. The van der Waals surface area contributed by atoms with E-state index in [-0.39, 0.29) is 0 Å². The van der Waals surface area contributed by atoms with Gasteiger partial charge in [-0.2, -0.15) is 0 Å². The number of halogens is 1. The van der Waals surface area contributed by atoms with Crippen LogP contribution < -0.4 is 10.1 Å². The van der Waals surface area contributed by atoms with Crippen LogP contribution in [0.4, 0.5) is 5.69 Å². The van der Waals surface area contributed by atoms with Gasteiger partial charge < -0.3 is 10.1 Å². The van der Waals surface area contributed by atoms with Crippen molar-refractivity contribution in [2.24, 2.45) is 5.92 Å². The van der Waals surface area contributed by atoms with E-state index in [0.717, 1.165) is 28.9 Å². The highest BCUT2D eigenvalue weighted by Gasteiger charge is 2.12. The molecule has 0 bridgehead atoms. The fourth-order valence-electron chi connectivity index (χ4n) is 2.65. The van der Waals surface area contributed by atoms with Crippen molar-refractivity contribution in [1.29, 1.82) is 0 Å². The molecule has 0 aliphatic heterocycles. The van der Waals surface area contributed by atoms with Crippen LogP contribution in [0.2, 0.25) is 5.02 Å². The average molecular weight is 268 g/mol. The summed E-state index contributed by atoms with van der Waals surface area (Å²) < 4.78 is 5.21. The highest BCUT2D eigenvalue weighted by atomic mass is 35.5. The third kappa shape index (κ3) is 3.81. The summed E-state index contributed by atoms with van der Waals surface area (Å²) in [7, 11) is 1.68. The van der Waals surface area contributed by atoms with Gasteiger partial charge in [-0.15, -0.1) is 0 Å². The first-order valence-electron chi connectivity index (χ1n) is 6.87. The molecule has 0 atom stereocenters. The van der Waals surface area contributed by atoms with Gasteiger partial charge in [-0.1, -0.05) is 43.7 Å². The number of anilines is 1. The summed E-state index contributed by atoms with van der Waals surface area (Å²) in [6.45, 7) is 0.998. The zero-order chi connectivity index (χ0) is 12.8. The zero-order valence-corrected chi connectivity index (χ0v) is 11.8. The van der Waals surface area contributed by atoms with Crippen LogP contribution in [0.25, 0.3) is 0 Å². The lowest BCUT2D eigenvalue weighted by Gasteiger charge is -2.21. The van der Waals surface area contributed by atoms with Crippen LogP contribution in [0, 0.1) is 5.92 Å². The predicted octanol–water partition coefficient (Wildman–Crippen LogP) is 4.73. The van der Waals surface area contributed by atoms with Crippen molar-refractivity contribution in [2.45, 2.75) is 38.5 Å². The second kappa shape index (κ2) is 6.89. The molecule has 3 heteroatoms. The molecular formula is C15H22ClNO. The first kappa shape index (κ1) is 13.5. The molecule has 0 amide bonds. The molecule has 18 heavy (non-hydrogen) atoms. The maximum Gasteiger partial charge on any atom is 0.121 e. The fourth-order valence-corrected chi connectivity index (χ4v) is 2.84. The Labute approximate surface area is 115 Å². The van der Waals surface area contributed by atoms with Gasteiger partial charge in [0, 0.05) is 12.6 Å². The Balaban J connectivity index is 1.81. The quantitative estimate of drug-likeness (QED) is 0.833. The van der Waals surface area contributed by atoms with Crippen molar-refractivity contribution in [3.63, 3.8) is 0 Å². The van der Waals surface area contributed by atoms with Gasteiger partial charge in [0.25, 0.3) is 0 Å². The molecule has 0 spiro atoms. The first-order chi connectivity index (χ1) is 8.79. The minimum atomic E-state index is 0.763. The summed E-state index contributed by atoms with van der Waals surface area (Å²) in [6, 6.07) is 5.72. The van der Waals surface area contributed by atoms with Gasteiger partial charge in [0.15, 0.2) is 0 Å². The van der Waals surface area contributed by atoms with Crippen LogP contribution in [-0.2, 0) is 0 Å². The van der Waals surface area contributed by atoms with Crippen LogP contribution in [-0.4, -0.2) is 13.7 Å². The molecule has 1 aliphatic rings. The predicted molar refractivity (Wildman–Crippen MR) is 77.7 cm³/mol. The summed E-state index contributed by atoms with van der Waals surface area (Å²) in [6.07, 6.45) is 8.27. The maximum atomic E-state index is 6.16. The van der Waals surface area contributed by atoms with Crippen molar-refractivity contribution < 1.29 is 4.74 Å². The van der Waals surface area contributed by atoms with E-state index in [1.165, 1.54) is 38.5 Å². The second-order valence-corrected chi connectivity index (χ2v) is 5.47. The largest absolute Gasteiger partial charge is 0.497 e. The topological polar surface area (TPSA) is 21.3 Å². The van der Waals surface area contributed by atoms with Gasteiger partial charge in [0.1, 0.15) is 5.75 Å². The molecule has 0 saturated heterocycles. The summed E-state index contributed by atoms with van der Waals surface area (Å²) in [5, 5.41) is 4.19. The highest BCUT2D eigenvalue weighted by Crippen LogP contribution is 2.29. The van der Waals surface area contributed by atoms with E-state index in [0.29, 0.717) is 0 Å². The van der Waals surface area contributed by atoms with Gasteiger partial charge in [-0.25, -0.2) is 0 Å². The molecule has 1 aliphatic carbocycles. The number of rotatable bonds is 5. The lowest BCUT2D eigenvalue weighted by molar-refractivity contribution is 0.345. The van der Waals surface area contributed by atoms with Crippen molar-refractivity contribution in [2.75, 3.05) is 19.0 Å². The smallest absolute Gasteiger partial charge is 0.121 e. The SMILES string of the molecule is COc1ccc(Cl)c(NCCC2CCCCC2)c1. The Morgan fingerprint density at radius 3 is 2.78 bits per heavy atom. The van der Waals surface area contributed by atoms with Crippen LogP contribution in [0.1, 0.15) is 38.5 Å². The van der Waals surface area contributed by atoms with Crippen LogP contribution in [0.15, 0.2) is 18.2 Å². The zero-order valence-electron chi connectivity index (χ0n) is 11.0. The Morgan fingerprint density at radius 2 is 2.06 bits per heavy atom. The standard InChI is InChI=1S/C15H22ClNO/c1-18-13-7-8-14(16)15(11-13)17-10-9-12-5-3-2-4-6-12/h7-8,11-12,17H,2-6,9-10H2,1H3. The second-order valence-electron chi connectivity index (χ2n) is 5.07. The average Bonchev–Trinajstić information content (AvgIpc) is 2.42. The van der Waals surface area contributed by atoms with E-state index >= 15 is 0 Å². The molecule has 1 aromatic carbocycles. The maximum absolute atomic E-state index is 6.16. The van der Waals surface area contributed by atoms with Gasteiger partial charge in [0.05, 0.1) is 17.8 Å². The Kier molecular flexibility index (Phi) is 5.18. The molecule has 1 aromatic rings. The van der Waals surface area contributed by atoms with Crippen LogP contribution in [0.3, 0.4) is 0 Å². The fraction of sp³-hybridized carbons (Fsp3) is 0.600. The number of ether oxygens (including phenoxy) is 1. The minimum Gasteiger partial charge on any atom is -0.497 e. The van der Waals surface area contributed by atoms with E-state index in [1.807, 2.05) is 18.2 Å². The summed E-state index contributed by atoms with van der Waals surface area (Å²) in [5.74, 6) is 1.75. The van der Waals surface area contributed by atoms with Gasteiger partial charge in [-0.3, -0.25) is 0 Å². The molecule has 2 nitrogen and oxygen atoms in total. The molecular weight excluding hydrogens is 246 g/mol. The first-order valence-corrected chi connectivity index (χ1v) is 7.25. The van der Waals surface area contributed by atoms with Crippen LogP contribution in [0.5, 0.6) is 5.75 Å². The summed E-state index contributed by atoms with van der Waals surface area (Å²) in [5.41, 5.74) is 0.979. The van der Waals surface area contributed by atoms with E-state index in [4.69, 9.17) is 16.3 Å². The molecule has 0 aromatic heterocycles. The van der Waals surface area contributed by atoms with E-state index in [2.05, 4.69) is 5.32 Å². The van der Waals surface area contributed by atoms with Crippen molar-refractivity contribution in [1.82, 2.24) is 0 Å². The summed E-state index contributed by atoms with van der Waals surface area (Å²) >= 11 is 6.16. The lowest BCUT2D eigenvalue weighted by atomic mass is 9.87. The molecule has 100 valence electrons. The Bertz CT molecular complexity index is 375.